The van der Waals surface area contributed by atoms with E-state index in [9.17, 15) is 0 Å². The highest BCUT2D eigenvalue weighted by Gasteiger charge is 2.16. The summed E-state index contributed by atoms with van der Waals surface area (Å²) < 4.78 is 0. The van der Waals surface area contributed by atoms with Gasteiger partial charge in [-0.25, -0.2) is 0 Å². The van der Waals surface area contributed by atoms with Gasteiger partial charge in [0, 0.05) is 11.9 Å². The summed E-state index contributed by atoms with van der Waals surface area (Å²) in [6.07, 6.45) is 2.77. The predicted molar refractivity (Wildman–Crippen MR) is 101 cm³/mol. The van der Waals surface area contributed by atoms with E-state index in [0.717, 1.165) is 12.1 Å². The van der Waals surface area contributed by atoms with E-state index in [1.54, 1.807) is 0 Å². The zero-order valence-electron chi connectivity index (χ0n) is 14.6. The van der Waals surface area contributed by atoms with Crippen LogP contribution < -0.4 is 5.32 Å². The average molecular weight is 316 g/mol. The van der Waals surface area contributed by atoms with Crippen molar-refractivity contribution in [1.29, 1.82) is 0 Å². The molecule has 2 aromatic carbocycles. The van der Waals surface area contributed by atoms with Gasteiger partial charge in [0.05, 0.1) is 11.7 Å². The molecular formula is C22H24N2. The number of aryl methyl sites for hydroxylation is 3. The van der Waals surface area contributed by atoms with E-state index < -0.39 is 0 Å². The van der Waals surface area contributed by atoms with Crippen LogP contribution in [0.4, 0.5) is 5.69 Å². The van der Waals surface area contributed by atoms with Crippen molar-refractivity contribution in [2.24, 2.45) is 0 Å². The predicted octanol–water partition coefficient (Wildman–Crippen LogP) is 5.40. The molecule has 2 heteroatoms. The molecule has 1 unspecified atom stereocenters. The monoisotopic (exact) mass is 316 g/mol. The van der Waals surface area contributed by atoms with Gasteiger partial charge < -0.3 is 5.32 Å². The Hall–Kier alpha value is -2.61. The van der Waals surface area contributed by atoms with E-state index in [-0.39, 0.29) is 6.04 Å². The number of pyridine rings is 1. The standard InChI is InChI=1S/C22H24N2/c1-16-13-17(2)22(18(3)14-16)24-21(20-11-7-8-12-23-20)15-19-9-5-4-6-10-19/h4-14,21,24H,15H2,1-3H3. The minimum atomic E-state index is 0.147. The molecule has 0 spiro atoms. The second kappa shape index (κ2) is 7.31. The molecule has 0 fully saturated rings. The molecule has 24 heavy (non-hydrogen) atoms. The average Bonchev–Trinajstić information content (AvgIpc) is 2.58. The van der Waals surface area contributed by atoms with Crippen molar-refractivity contribution in [1.82, 2.24) is 4.98 Å². The molecule has 0 saturated heterocycles. The van der Waals surface area contributed by atoms with Gasteiger partial charge in [-0.05, 0) is 56.0 Å². The SMILES string of the molecule is Cc1cc(C)c(NC(Cc2ccccc2)c2ccccn2)c(C)c1. The van der Waals surface area contributed by atoms with E-state index in [2.05, 4.69) is 85.7 Å². The van der Waals surface area contributed by atoms with Gasteiger partial charge in [0.15, 0.2) is 0 Å². The van der Waals surface area contributed by atoms with Gasteiger partial charge in [-0.3, -0.25) is 4.98 Å². The molecular weight excluding hydrogens is 292 g/mol. The minimum Gasteiger partial charge on any atom is -0.376 e. The van der Waals surface area contributed by atoms with E-state index in [0.29, 0.717) is 0 Å². The highest BCUT2D eigenvalue weighted by Crippen LogP contribution is 2.28. The molecule has 3 rings (SSSR count). The number of benzene rings is 2. The Balaban J connectivity index is 1.94. The minimum absolute atomic E-state index is 0.147. The Morgan fingerprint density at radius 3 is 2.17 bits per heavy atom. The first kappa shape index (κ1) is 16.3. The lowest BCUT2D eigenvalue weighted by atomic mass is 9.99. The smallest absolute Gasteiger partial charge is 0.0725 e. The maximum Gasteiger partial charge on any atom is 0.0725 e. The topological polar surface area (TPSA) is 24.9 Å². The summed E-state index contributed by atoms with van der Waals surface area (Å²) in [4.78, 5) is 4.59. The molecule has 0 radical (unpaired) electrons. The van der Waals surface area contributed by atoms with Gasteiger partial charge in [0.1, 0.15) is 0 Å². The molecule has 1 N–H and O–H groups in total. The molecule has 1 heterocycles. The maximum atomic E-state index is 4.59. The van der Waals surface area contributed by atoms with Crippen LogP contribution in [0.25, 0.3) is 0 Å². The largest absolute Gasteiger partial charge is 0.376 e. The van der Waals surface area contributed by atoms with Crippen molar-refractivity contribution in [3.8, 4) is 0 Å². The van der Waals surface area contributed by atoms with Crippen LogP contribution in [0.15, 0.2) is 66.9 Å². The molecule has 0 saturated carbocycles. The lowest BCUT2D eigenvalue weighted by molar-refractivity contribution is 0.744. The Bertz CT molecular complexity index is 772. The van der Waals surface area contributed by atoms with Crippen LogP contribution >= 0.6 is 0 Å². The third kappa shape index (κ3) is 3.83. The Morgan fingerprint density at radius 2 is 1.54 bits per heavy atom. The zero-order valence-corrected chi connectivity index (χ0v) is 14.6. The molecule has 1 aromatic heterocycles. The van der Waals surface area contributed by atoms with E-state index in [1.807, 2.05) is 12.3 Å². The number of nitrogens with one attached hydrogen (secondary N) is 1. The lowest BCUT2D eigenvalue weighted by Gasteiger charge is -2.23. The van der Waals surface area contributed by atoms with Crippen LogP contribution in [-0.4, -0.2) is 4.98 Å². The summed E-state index contributed by atoms with van der Waals surface area (Å²) in [7, 11) is 0. The van der Waals surface area contributed by atoms with Crippen molar-refractivity contribution < 1.29 is 0 Å². The van der Waals surface area contributed by atoms with Crippen LogP contribution in [0.5, 0.6) is 0 Å². The van der Waals surface area contributed by atoms with Gasteiger partial charge in [-0.1, -0.05) is 54.1 Å². The Morgan fingerprint density at radius 1 is 0.875 bits per heavy atom. The van der Waals surface area contributed by atoms with E-state index in [1.165, 1.54) is 27.9 Å². The summed E-state index contributed by atoms with van der Waals surface area (Å²) in [5, 5.41) is 3.75. The van der Waals surface area contributed by atoms with Crippen molar-refractivity contribution in [3.63, 3.8) is 0 Å². The second-order valence-electron chi connectivity index (χ2n) is 6.41. The number of anilines is 1. The molecule has 122 valence electrons. The fraction of sp³-hybridized carbons (Fsp3) is 0.227. The molecule has 0 aliphatic carbocycles. The normalized spacial score (nSPS) is 12.0. The first-order chi connectivity index (χ1) is 11.6. The number of aromatic nitrogens is 1. The summed E-state index contributed by atoms with van der Waals surface area (Å²) in [6, 6.07) is 21.3. The molecule has 2 nitrogen and oxygen atoms in total. The lowest BCUT2D eigenvalue weighted by Crippen LogP contribution is -2.16. The van der Waals surface area contributed by atoms with Gasteiger partial charge in [0.2, 0.25) is 0 Å². The van der Waals surface area contributed by atoms with Crippen LogP contribution in [0.1, 0.15) is 34.0 Å². The molecule has 3 aromatic rings. The summed E-state index contributed by atoms with van der Waals surface area (Å²) in [5.74, 6) is 0. The van der Waals surface area contributed by atoms with Crippen LogP contribution in [0.3, 0.4) is 0 Å². The molecule has 0 amide bonds. The third-order valence-corrected chi connectivity index (χ3v) is 4.32. The van der Waals surface area contributed by atoms with Gasteiger partial charge in [0.25, 0.3) is 0 Å². The fourth-order valence-electron chi connectivity index (χ4n) is 3.24. The molecule has 0 aliphatic heterocycles. The molecule has 1 atom stereocenters. The quantitative estimate of drug-likeness (QED) is 0.681. The Labute approximate surface area is 144 Å². The number of nitrogens with zero attached hydrogens (tertiary/aromatic N) is 1. The van der Waals surface area contributed by atoms with Crippen molar-refractivity contribution in [2.75, 3.05) is 5.32 Å². The van der Waals surface area contributed by atoms with Crippen molar-refractivity contribution in [3.05, 3.63) is 94.8 Å². The number of hydrogen-bond acceptors (Lipinski definition) is 2. The van der Waals surface area contributed by atoms with Crippen LogP contribution in [0.2, 0.25) is 0 Å². The number of hydrogen-bond donors (Lipinski definition) is 1. The van der Waals surface area contributed by atoms with E-state index in [4.69, 9.17) is 0 Å². The van der Waals surface area contributed by atoms with E-state index >= 15 is 0 Å². The van der Waals surface area contributed by atoms with Gasteiger partial charge >= 0.3 is 0 Å². The first-order valence-corrected chi connectivity index (χ1v) is 8.43. The van der Waals surface area contributed by atoms with Crippen LogP contribution in [0, 0.1) is 20.8 Å². The zero-order chi connectivity index (χ0) is 16.9. The highest BCUT2D eigenvalue weighted by atomic mass is 14.9. The summed E-state index contributed by atoms with van der Waals surface area (Å²) in [6.45, 7) is 6.48. The van der Waals surface area contributed by atoms with Crippen LogP contribution in [-0.2, 0) is 6.42 Å². The highest BCUT2D eigenvalue weighted by molar-refractivity contribution is 5.59. The second-order valence-corrected chi connectivity index (χ2v) is 6.41. The molecule has 0 bridgehead atoms. The molecule has 0 aliphatic rings. The first-order valence-electron chi connectivity index (χ1n) is 8.43. The maximum absolute atomic E-state index is 4.59. The fourth-order valence-corrected chi connectivity index (χ4v) is 3.24. The summed E-state index contributed by atoms with van der Waals surface area (Å²) >= 11 is 0. The number of rotatable bonds is 5. The Kier molecular flexibility index (Phi) is 4.95. The van der Waals surface area contributed by atoms with Crippen molar-refractivity contribution in [2.45, 2.75) is 33.2 Å². The van der Waals surface area contributed by atoms with Gasteiger partial charge in [-0.2, -0.15) is 0 Å². The third-order valence-electron chi connectivity index (χ3n) is 4.32. The van der Waals surface area contributed by atoms with Crippen molar-refractivity contribution >= 4 is 5.69 Å². The summed E-state index contributed by atoms with van der Waals surface area (Å²) in [5.41, 5.74) is 7.45. The van der Waals surface area contributed by atoms with Gasteiger partial charge in [-0.15, -0.1) is 0 Å².